The van der Waals surface area contributed by atoms with Crippen molar-refractivity contribution in [3.05, 3.63) is 47.4 Å². The first kappa shape index (κ1) is 19.1. The zero-order valence-electron chi connectivity index (χ0n) is 16.5. The van der Waals surface area contributed by atoms with Crippen LogP contribution in [0.1, 0.15) is 6.92 Å². The maximum absolute atomic E-state index is 14.5. The predicted molar refractivity (Wildman–Crippen MR) is 116 cm³/mol. The average Bonchev–Trinajstić information content (AvgIpc) is 2.72. The maximum Gasteiger partial charge on any atom is 0.253 e. The molecular formula is C22H20ClFN4O2. The van der Waals surface area contributed by atoms with Gasteiger partial charge in [0.25, 0.3) is 5.91 Å². The predicted octanol–water partition coefficient (Wildman–Crippen LogP) is 3.54. The molecule has 1 saturated heterocycles. The van der Waals surface area contributed by atoms with E-state index in [0.717, 1.165) is 17.6 Å². The van der Waals surface area contributed by atoms with Crippen LogP contribution in [0.4, 0.5) is 15.8 Å². The Hall–Kier alpha value is -2.90. The van der Waals surface area contributed by atoms with Gasteiger partial charge < -0.3 is 20.2 Å². The SMILES string of the molecule is CN1C(=O)C2(C)CNCCN2c2c1cnc1cc(-c3c(O)cccc3F)c(Cl)cc21. The number of aromatic hydroxyl groups is 1. The Balaban J connectivity index is 1.78. The lowest BCUT2D eigenvalue weighted by atomic mass is 9.90. The van der Waals surface area contributed by atoms with Crippen LogP contribution in [0.3, 0.4) is 0 Å². The van der Waals surface area contributed by atoms with Crippen LogP contribution in [-0.2, 0) is 4.79 Å². The molecule has 1 unspecified atom stereocenters. The number of anilines is 2. The highest BCUT2D eigenvalue weighted by Gasteiger charge is 2.48. The van der Waals surface area contributed by atoms with Gasteiger partial charge in [-0.1, -0.05) is 17.7 Å². The molecule has 3 aromatic rings. The summed E-state index contributed by atoms with van der Waals surface area (Å²) in [6.45, 7) is 3.88. The van der Waals surface area contributed by atoms with Gasteiger partial charge in [-0.05, 0) is 31.2 Å². The van der Waals surface area contributed by atoms with Crippen molar-refractivity contribution in [2.45, 2.75) is 12.5 Å². The van der Waals surface area contributed by atoms with Gasteiger partial charge >= 0.3 is 0 Å². The summed E-state index contributed by atoms with van der Waals surface area (Å²) in [4.78, 5) is 21.4. The van der Waals surface area contributed by atoms with E-state index in [4.69, 9.17) is 11.6 Å². The number of nitrogens with one attached hydrogen (secondary N) is 1. The highest BCUT2D eigenvalue weighted by atomic mass is 35.5. The Labute approximate surface area is 177 Å². The Kier molecular flexibility index (Phi) is 4.17. The first-order valence-corrected chi connectivity index (χ1v) is 10.1. The van der Waals surface area contributed by atoms with Gasteiger partial charge in [0.15, 0.2) is 0 Å². The van der Waals surface area contributed by atoms with Crippen LogP contribution in [0.2, 0.25) is 5.02 Å². The van der Waals surface area contributed by atoms with E-state index in [9.17, 15) is 14.3 Å². The number of fused-ring (bicyclic) bond motifs is 5. The molecule has 0 spiro atoms. The number of likely N-dealkylation sites (N-methyl/N-ethyl adjacent to an activating group) is 1. The number of hydrogen-bond donors (Lipinski definition) is 2. The van der Waals surface area contributed by atoms with Gasteiger partial charge in [-0.15, -0.1) is 0 Å². The lowest BCUT2D eigenvalue weighted by Gasteiger charge is -2.51. The van der Waals surface area contributed by atoms with E-state index in [2.05, 4.69) is 15.2 Å². The fourth-order valence-corrected chi connectivity index (χ4v) is 4.83. The zero-order chi connectivity index (χ0) is 21.2. The molecule has 2 aromatic carbocycles. The fraction of sp³-hybridized carbons (Fsp3) is 0.273. The topological polar surface area (TPSA) is 68.7 Å². The van der Waals surface area contributed by atoms with E-state index in [0.29, 0.717) is 34.9 Å². The van der Waals surface area contributed by atoms with Crippen LogP contribution in [0, 0.1) is 5.82 Å². The summed E-state index contributed by atoms with van der Waals surface area (Å²) < 4.78 is 14.5. The van der Waals surface area contributed by atoms with E-state index in [1.165, 1.54) is 18.2 Å². The molecule has 2 aliphatic rings. The maximum atomic E-state index is 14.5. The molecule has 3 heterocycles. The Bertz CT molecular complexity index is 1200. The third kappa shape index (κ3) is 2.52. The molecule has 5 rings (SSSR count). The van der Waals surface area contributed by atoms with Gasteiger partial charge in [-0.2, -0.15) is 0 Å². The quantitative estimate of drug-likeness (QED) is 0.623. The van der Waals surface area contributed by atoms with E-state index >= 15 is 0 Å². The summed E-state index contributed by atoms with van der Waals surface area (Å²) >= 11 is 6.58. The second kappa shape index (κ2) is 6.55. The summed E-state index contributed by atoms with van der Waals surface area (Å²) in [7, 11) is 1.75. The van der Waals surface area contributed by atoms with Gasteiger partial charge in [-0.3, -0.25) is 9.78 Å². The molecule has 1 atom stereocenters. The Morgan fingerprint density at radius 1 is 1.33 bits per heavy atom. The molecule has 0 bridgehead atoms. The van der Waals surface area contributed by atoms with Crippen molar-refractivity contribution < 1.29 is 14.3 Å². The third-order valence-electron chi connectivity index (χ3n) is 6.14. The van der Waals surface area contributed by atoms with Crippen molar-refractivity contribution in [1.82, 2.24) is 10.3 Å². The third-order valence-corrected chi connectivity index (χ3v) is 6.46. The van der Waals surface area contributed by atoms with Crippen LogP contribution in [0.15, 0.2) is 36.5 Å². The van der Waals surface area contributed by atoms with Crippen molar-refractivity contribution in [2.75, 3.05) is 36.5 Å². The highest BCUT2D eigenvalue weighted by Crippen LogP contribution is 2.46. The van der Waals surface area contributed by atoms with Gasteiger partial charge in [0.2, 0.25) is 0 Å². The number of piperazine rings is 1. The Morgan fingerprint density at radius 2 is 2.13 bits per heavy atom. The van der Waals surface area contributed by atoms with Crippen LogP contribution < -0.4 is 15.1 Å². The average molecular weight is 427 g/mol. The van der Waals surface area contributed by atoms with Crippen molar-refractivity contribution in [1.29, 1.82) is 0 Å². The van der Waals surface area contributed by atoms with Crippen LogP contribution in [0.25, 0.3) is 22.0 Å². The molecule has 0 saturated carbocycles. The lowest BCUT2D eigenvalue weighted by Crippen LogP contribution is -2.69. The first-order valence-electron chi connectivity index (χ1n) is 9.69. The molecule has 6 nitrogen and oxygen atoms in total. The Morgan fingerprint density at radius 3 is 2.90 bits per heavy atom. The first-order chi connectivity index (χ1) is 14.3. The number of amides is 1. The number of halogens is 2. The van der Waals surface area contributed by atoms with Crippen LogP contribution >= 0.6 is 11.6 Å². The number of nitrogens with zero attached hydrogens (tertiary/aromatic N) is 3. The zero-order valence-corrected chi connectivity index (χ0v) is 17.3. The van der Waals surface area contributed by atoms with Crippen molar-refractivity contribution >= 4 is 39.8 Å². The number of hydrogen-bond acceptors (Lipinski definition) is 5. The van der Waals surface area contributed by atoms with Crippen molar-refractivity contribution in [3.8, 4) is 16.9 Å². The van der Waals surface area contributed by atoms with Crippen LogP contribution in [-0.4, -0.2) is 48.2 Å². The number of phenolic OH excluding ortho intramolecular Hbond substituents is 1. The van der Waals surface area contributed by atoms with Gasteiger partial charge in [0.1, 0.15) is 17.1 Å². The van der Waals surface area contributed by atoms with E-state index in [1.54, 1.807) is 30.3 Å². The van der Waals surface area contributed by atoms with E-state index in [1.807, 2.05) is 6.92 Å². The second-order valence-electron chi connectivity index (χ2n) is 7.94. The number of pyridine rings is 1. The minimum Gasteiger partial charge on any atom is -0.507 e. The number of benzene rings is 2. The largest absolute Gasteiger partial charge is 0.507 e. The second-order valence-corrected chi connectivity index (χ2v) is 8.35. The molecule has 8 heteroatoms. The fourth-order valence-electron chi connectivity index (χ4n) is 4.57. The number of carbonyl (C=O) groups is 1. The molecule has 2 N–H and O–H groups in total. The van der Waals surface area contributed by atoms with Crippen molar-refractivity contribution in [3.63, 3.8) is 0 Å². The lowest BCUT2D eigenvalue weighted by molar-refractivity contribution is -0.123. The number of phenols is 1. The normalized spacial score (nSPS) is 21.0. The van der Waals surface area contributed by atoms with Gasteiger partial charge in [0.05, 0.1) is 28.7 Å². The van der Waals surface area contributed by atoms with Crippen LogP contribution in [0.5, 0.6) is 5.75 Å². The molecule has 1 fully saturated rings. The summed E-state index contributed by atoms with van der Waals surface area (Å²) in [5, 5.41) is 14.6. The molecule has 1 amide bonds. The smallest absolute Gasteiger partial charge is 0.253 e. The minimum absolute atomic E-state index is 0.00217. The number of rotatable bonds is 1. The van der Waals surface area contributed by atoms with Gasteiger partial charge in [0, 0.05) is 42.7 Å². The molecule has 154 valence electrons. The molecule has 1 aromatic heterocycles. The van der Waals surface area contributed by atoms with Gasteiger partial charge in [-0.25, -0.2) is 4.39 Å². The summed E-state index contributed by atoms with van der Waals surface area (Å²) in [6.07, 6.45) is 1.66. The molecule has 0 aliphatic carbocycles. The summed E-state index contributed by atoms with van der Waals surface area (Å²) in [5.41, 5.74) is 1.91. The molecule has 2 aliphatic heterocycles. The van der Waals surface area contributed by atoms with E-state index in [-0.39, 0.29) is 17.2 Å². The minimum atomic E-state index is -0.719. The van der Waals surface area contributed by atoms with E-state index < -0.39 is 11.4 Å². The highest BCUT2D eigenvalue weighted by molar-refractivity contribution is 6.34. The summed E-state index contributed by atoms with van der Waals surface area (Å²) in [6, 6.07) is 7.58. The molecule has 0 radical (unpaired) electrons. The standard InChI is InChI=1S/C22H20ClFN4O2/c1-22-11-25-6-7-28(22)20-13-8-14(23)12(19-15(24)4-3-5-18(19)29)9-16(13)26-10-17(20)27(2)21(22)30/h3-5,8-10,25,29H,6-7,11H2,1-2H3. The monoisotopic (exact) mass is 426 g/mol. The summed E-state index contributed by atoms with van der Waals surface area (Å²) in [5.74, 6) is -0.745. The molecule has 30 heavy (non-hydrogen) atoms. The number of aromatic nitrogens is 1. The number of carbonyl (C=O) groups excluding carboxylic acids is 1. The van der Waals surface area contributed by atoms with Crippen molar-refractivity contribution in [2.24, 2.45) is 0 Å². The molecular weight excluding hydrogens is 407 g/mol.